The van der Waals surface area contributed by atoms with Crippen LogP contribution in [-0.4, -0.2) is 20.1 Å². The summed E-state index contributed by atoms with van der Waals surface area (Å²) in [5.74, 6) is -0.161. The van der Waals surface area contributed by atoms with E-state index in [1.165, 1.54) is 12.0 Å². The van der Waals surface area contributed by atoms with Crippen molar-refractivity contribution in [2.75, 3.05) is 14.2 Å². The summed E-state index contributed by atoms with van der Waals surface area (Å²) in [6.07, 6.45) is 1.20. The van der Waals surface area contributed by atoms with Crippen LogP contribution in [0.2, 0.25) is 0 Å². The summed E-state index contributed by atoms with van der Waals surface area (Å²) in [5, 5.41) is 5.23. The molecular formula is C10H14BrNO2S. The van der Waals surface area contributed by atoms with Crippen LogP contribution in [0.25, 0.3) is 0 Å². The number of methoxy groups -OCH3 is 1. The lowest BCUT2D eigenvalue weighted by Crippen LogP contribution is -2.16. The largest absolute Gasteiger partial charge is 0.469 e. The van der Waals surface area contributed by atoms with Gasteiger partial charge in [-0.1, -0.05) is 0 Å². The molecule has 0 fully saturated rings. The summed E-state index contributed by atoms with van der Waals surface area (Å²) in [5.41, 5.74) is 0. The van der Waals surface area contributed by atoms with E-state index in [0.717, 1.165) is 10.9 Å². The van der Waals surface area contributed by atoms with E-state index in [1.807, 2.05) is 12.4 Å². The van der Waals surface area contributed by atoms with Crippen molar-refractivity contribution in [1.29, 1.82) is 0 Å². The highest BCUT2D eigenvalue weighted by molar-refractivity contribution is 9.10. The molecule has 0 saturated carbocycles. The summed E-state index contributed by atoms with van der Waals surface area (Å²) >= 11 is 5.09. The highest BCUT2D eigenvalue weighted by Gasteiger charge is 2.13. The normalized spacial score (nSPS) is 12.5. The van der Waals surface area contributed by atoms with Gasteiger partial charge in [0.2, 0.25) is 0 Å². The number of hydrogen-bond donors (Lipinski definition) is 1. The molecule has 0 radical (unpaired) electrons. The van der Waals surface area contributed by atoms with Gasteiger partial charge in [0.05, 0.1) is 7.11 Å². The molecule has 1 unspecified atom stereocenters. The van der Waals surface area contributed by atoms with Gasteiger partial charge in [-0.2, -0.15) is 0 Å². The van der Waals surface area contributed by atoms with Gasteiger partial charge in [0.1, 0.15) is 0 Å². The van der Waals surface area contributed by atoms with Crippen LogP contribution in [0.1, 0.15) is 23.8 Å². The molecule has 0 spiro atoms. The van der Waals surface area contributed by atoms with Gasteiger partial charge >= 0.3 is 5.97 Å². The highest BCUT2D eigenvalue weighted by atomic mass is 79.9. The van der Waals surface area contributed by atoms with Crippen molar-refractivity contribution >= 4 is 33.2 Å². The van der Waals surface area contributed by atoms with Gasteiger partial charge in [-0.3, -0.25) is 4.79 Å². The molecule has 1 rings (SSSR count). The van der Waals surface area contributed by atoms with E-state index >= 15 is 0 Å². The molecule has 0 aliphatic carbocycles. The summed E-state index contributed by atoms with van der Waals surface area (Å²) in [4.78, 5) is 12.2. The second-order valence-corrected chi connectivity index (χ2v) is 4.98. The summed E-state index contributed by atoms with van der Waals surface area (Å²) in [6.45, 7) is 0. The highest BCUT2D eigenvalue weighted by Crippen LogP contribution is 2.28. The number of carbonyl (C=O) groups is 1. The molecule has 0 amide bonds. The van der Waals surface area contributed by atoms with Gasteiger partial charge < -0.3 is 10.1 Å². The fourth-order valence-electron chi connectivity index (χ4n) is 1.30. The van der Waals surface area contributed by atoms with E-state index in [-0.39, 0.29) is 12.0 Å². The number of nitrogens with one attached hydrogen (secondary N) is 1. The molecule has 1 atom stereocenters. The molecule has 1 heterocycles. The SMILES string of the molecule is CNC(CCC(=O)OC)c1cc(Br)cs1. The van der Waals surface area contributed by atoms with Gasteiger partial charge in [0, 0.05) is 27.2 Å². The van der Waals surface area contributed by atoms with E-state index in [4.69, 9.17) is 0 Å². The molecule has 84 valence electrons. The van der Waals surface area contributed by atoms with Crippen molar-refractivity contribution in [1.82, 2.24) is 5.32 Å². The Labute approximate surface area is 102 Å². The fourth-order valence-corrected chi connectivity index (χ4v) is 2.89. The maximum absolute atomic E-state index is 11.0. The minimum absolute atomic E-state index is 0.161. The molecule has 0 bridgehead atoms. The lowest BCUT2D eigenvalue weighted by atomic mass is 10.1. The third kappa shape index (κ3) is 3.93. The molecule has 15 heavy (non-hydrogen) atoms. The zero-order chi connectivity index (χ0) is 11.3. The third-order valence-electron chi connectivity index (χ3n) is 2.14. The van der Waals surface area contributed by atoms with Gasteiger partial charge in [-0.25, -0.2) is 0 Å². The van der Waals surface area contributed by atoms with Crippen LogP contribution in [0.5, 0.6) is 0 Å². The molecular weight excluding hydrogens is 278 g/mol. The lowest BCUT2D eigenvalue weighted by molar-refractivity contribution is -0.140. The Morgan fingerprint density at radius 2 is 2.47 bits per heavy atom. The van der Waals surface area contributed by atoms with Gasteiger partial charge in [0.15, 0.2) is 0 Å². The van der Waals surface area contributed by atoms with Crippen molar-refractivity contribution in [2.45, 2.75) is 18.9 Å². The van der Waals surface area contributed by atoms with Gasteiger partial charge in [-0.05, 0) is 35.5 Å². The van der Waals surface area contributed by atoms with E-state index < -0.39 is 0 Å². The molecule has 1 N–H and O–H groups in total. The number of halogens is 1. The Bertz CT molecular complexity index is 327. The summed E-state index contributed by atoms with van der Waals surface area (Å²) in [6, 6.07) is 2.30. The quantitative estimate of drug-likeness (QED) is 0.848. The lowest BCUT2D eigenvalue weighted by Gasteiger charge is -2.13. The Hall–Kier alpha value is -0.390. The minimum Gasteiger partial charge on any atom is -0.469 e. The second kappa shape index (κ2) is 6.25. The first-order valence-corrected chi connectivity index (χ1v) is 6.32. The Morgan fingerprint density at radius 3 is 2.93 bits per heavy atom. The number of esters is 1. The zero-order valence-electron chi connectivity index (χ0n) is 8.75. The minimum atomic E-state index is -0.161. The van der Waals surface area contributed by atoms with Crippen molar-refractivity contribution in [3.05, 3.63) is 20.8 Å². The van der Waals surface area contributed by atoms with Gasteiger partial charge in [-0.15, -0.1) is 11.3 Å². The Kier molecular flexibility index (Phi) is 5.28. The second-order valence-electron chi connectivity index (χ2n) is 3.12. The molecule has 1 aromatic rings. The number of thiophene rings is 1. The molecule has 0 aliphatic heterocycles. The molecule has 3 nitrogen and oxygen atoms in total. The molecule has 0 aliphatic rings. The van der Waals surface area contributed by atoms with E-state index in [0.29, 0.717) is 6.42 Å². The van der Waals surface area contributed by atoms with E-state index in [1.54, 1.807) is 11.3 Å². The van der Waals surface area contributed by atoms with Crippen LogP contribution < -0.4 is 5.32 Å². The molecule has 1 aromatic heterocycles. The van der Waals surface area contributed by atoms with Crippen LogP contribution in [0, 0.1) is 0 Å². The Morgan fingerprint density at radius 1 is 1.73 bits per heavy atom. The van der Waals surface area contributed by atoms with Crippen molar-refractivity contribution in [3.8, 4) is 0 Å². The maximum Gasteiger partial charge on any atom is 0.305 e. The standard InChI is InChI=1S/C10H14BrNO2S/c1-12-8(3-4-10(13)14-2)9-5-7(11)6-15-9/h5-6,8,12H,3-4H2,1-2H3. The number of carbonyl (C=O) groups excluding carboxylic acids is 1. The van der Waals surface area contributed by atoms with E-state index in [2.05, 4.69) is 32.0 Å². The van der Waals surface area contributed by atoms with Crippen LogP contribution in [-0.2, 0) is 9.53 Å². The van der Waals surface area contributed by atoms with Crippen LogP contribution >= 0.6 is 27.3 Å². The molecule has 0 saturated heterocycles. The van der Waals surface area contributed by atoms with Crippen LogP contribution in [0.3, 0.4) is 0 Å². The smallest absolute Gasteiger partial charge is 0.305 e. The van der Waals surface area contributed by atoms with Crippen LogP contribution in [0.4, 0.5) is 0 Å². The zero-order valence-corrected chi connectivity index (χ0v) is 11.2. The van der Waals surface area contributed by atoms with Crippen molar-refractivity contribution < 1.29 is 9.53 Å². The first kappa shape index (κ1) is 12.7. The number of hydrogen-bond acceptors (Lipinski definition) is 4. The summed E-state index contributed by atoms with van der Waals surface area (Å²) in [7, 11) is 3.31. The Balaban J connectivity index is 2.53. The van der Waals surface area contributed by atoms with Crippen molar-refractivity contribution in [2.24, 2.45) is 0 Å². The monoisotopic (exact) mass is 291 g/mol. The van der Waals surface area contributed by atoms with Gasteiger partial charge in [0.25, 0.3) is 0 Å². The van der Waals surface area contributed by atoms with E-state index in [9.17, 15) is 4.79 Å². The fraction of sp³-hybridized carbons (Fsp3) is 0.500. The molecule has 0 aromatic carbocycles. The van der Waals surface area contributed by atoms with Crippen molar-refractivity contribution in [3.63, 3.8) is 0 Å². The number of rotatable bonds is 5. The number of ether oxygens (including phenoxy) is 1. The van der Waals surface area contributed by atoms with Crippen LogP contribution in [0.15, 0.2) is 15.9 Å². The predicted octanol–water partition coefficient (Wildman–Crippen LogP) is 2.72. The average Bonchev–Trinajstić information content (AvgIpc) is 2.65. The first-order valence-electron chi connectivity index (χ1n) is 4.65. The topological polar surface area (TPSA) is 38.3 Å². The average molecular weight is 292 g/mol. The molecule has 5 heteroatoms. The third-order valence-corrected chi connectivity index (χ3v) is 3.95. The summed E-state index contributed by atoms with van der Waals surface area (Å²) < 4.78 is 5.70. The predicted molar refractivity (Wildman–Crippen MR) is 65.1 cm³/mol. The maximum atomic E-state index is 11.0. The first-order chi connectivity index (χ1) is 7.17.